The SMILES string of the molecule is CCCCCCCCCCCCCCCCCCCCC/C=C/C(O)C(CO)NC(=O)CCCCCCCC/C=C\C=C/CCCCCOC(=O)CCCCCCCCCCCCCCCCC. The highest BCUT2D eigenvalue weighted by Crippen LogP contribution is 2.17. The summed E-state index contributed by atoms with van der Waals surface area (Å²) in [6.45, 7) is 4.87. The first-order valence-corrected chi connectivity index (χ1v) is 30.3. The Morgan fingerprint density at radius 2 is 0.721 bits per heavy atom. The quantitative estimate of drug-likeness (QED) is 0.0244. The summed E-state index contributed by atoms with van der Waals surface area (Å²) in [7, 11) is 0. The number of unbranched alkanes of at least 4 members (excludes halogenated alkanes) is 42. The van der Waals surface area contributed by atoms with Crippen molar-refractivity contribution in [2.24, 2.45) is 0 Å². The topological polar surface area (TPSA) is 95.9 Å². The van der Waals surface area contributed by atoms with Crippen LogP contribution < -0.4 is 5.32 Å². The van der Waals surface area contributed by atoms with E-state index in [1.807, 2.05) is 6.08 Å². The molecular formula is C62H117NO5. The van der Waals surface area contributed by atoms with Gasteiger partial charge in [-0.1, -0.05) is 281 Å². The highest BCUT2D eigenvalue weighted by molar-refractivity contribution is 5.76. The summed E-state index contributed by atoms with van der Waals surface area (Å²) in [6.07, 6.45) is 71.7. The highest BCUT2D eigenvalue weighted by atomic mass is 16.5. The zero-order valence-electron chi connectivity index (χ0n) is 45.6. The lowest BCUT2D eigenvalue weighted by Gasteiger charge is -2.20. The molecule has 2 atom stereocenters. The van der Waals surface area contributed by atoms with Crippen LogP contribution in [0.2, 0.25) is 0 Å². The average Bonchev–Trinajstić information content (AvgIpc) is 3.34. The predicted octanol–water partition coefficient (Wildman–Crippen LogP) is 18.8. The first-order valence-electron chi connectivity index (χ1n) is 30.3. The van der Waals surface area contributed by atoms with Crippen molar-refractivity contribution in [2.45, 2.75) is 334 Å². The van der Waals surface area contributed by atoms with Crippen LogP contribution in [0.5, 0.6) is 0 Å². The Balaban J connectivity index is 3.54. The number of aliphatic hydroxyl groups is 2. The normalized spacial score (nSPS) is 12.8. The molecule has 0 aromatic rings. The lowest BCUT2D eigenvalue weighted by Crippen LogP contribution is -2.45. The van der Waals surface area contributed by atoms with Gasteiger partial charge in [0.1, 0.15) is 0 Å². The summed E-state index contributed by atoms with van der Waals surface area (Å²) < 4.78 is 5.45. The van der Waals surface area contributed by atoms with E-state index in [0.717, 1.165) is 77.0 Å². The Labute approximate surface area is 424 Å². The van der Waals surface area contributed by atoms with Crippen LogP contribution in [0.25, 0.3) is 0 Å². The van der Waals surface area contributed by atoms with Gasteiger partial charge in [-0.25, -0.2) is 0 Å². The van der Waals surface area contributed by atoms with E-state index in [9.17, 15) is 19.8 Å². The van der Waals surface area contributed by atoms with Crippen LogP contribution in [-0.4, -0.2) is 47.4 Å². The maximum atomic E-state index is 12.5. The van der Waals surface area contributed by atoms with Gasteiger partial charge in [-0.3, -0.25) is 9.59 Å². The van der Waals surface area contributed by atoms with Gasteiger partial charge in [0.15, 0.2) is 0 Å². The zero-order valence-corrected chi connectivity index (χ0v) is 45.6. The number of esters is 1. The van der Waals surface area contributed by atoms with Crippen molar-refractivity contribution in [3.05, 3.63) is 36.5 Å². The Morgan fingerprint density at radius 3 is 1.09 bits per heavy atom. The number of carbonyl (C=O) groups is 2. The molecular weight excluding hydrogens is 839 g/mol. The Hall–Kier alpha value is -1.92. The number of carbonyl (C=O) groups excluding carboxylic acids is 2. The van der Waals surface area contributed by atoms with Crippen LogP contribution in [0.15, 0.2) is 36.5 Å². The molecule has 2 unspecified atom stereocenters. The van der Waals surface area contributed by atoms with Gasteiger partial charge in [-0.15, -0.1) is 0 Å². The van der Waals surface area contributed by atoms with Crippen LogP contribution in [-0.2, 0) is 14.3 Å². The molecule has 0 aliphatic carbocycles. The van der Waals surface area contributed by atoms with Gasteiger partial charge < -0.3 is 20.3 Å². The number of allylic oxidation sites excluding steroid dienone is 5. The fourth-order valence-corrected chi connectivity index (χ4v) is 9.27. The van der Waals surface area contributed by atoms with Crippen molar-refractivity contribution in [3.8, 4) is 0 Å². The monoisotopic (exact) mass is 956 g/mol. The second-order valence-electron chi connectivity index (χ2n) is 20.7. The average molecular weight is 957 g/mol. The summed E-state index contributed by atoms with van der Waals surface area (Å²) in [6, 6.07) is -0.645. The summed E-state index contributed by atoms with van der Waals surface area (Å²) in [5.41, 5.74) is 0. The molecule has 68 heavy (non-hydrogen) atoms. The molecule has 0 saturated carbocycles. The predicted molar refractivity (Wildman–Crippen MR) is 296 cm³/mol. The summed E-state index contributed by atoms with van der Waals surface area (Å²) in [4.78, 5) is 24.5. The van der Waals surface area contributed by atoms with Crippen LogP contribution in [0.1, 0.15) is 322 Å². The Kier molecular flexibility index (Phi) is 56.0. The summed E-state index contributed by atoms with van der Waals surface area (Å²) in [5.74, 6) is -0.108. The molecule has 0 aromatic heterocycles. The van der Waals surface area contributed by atoms with Gasteiger partial charge >= 0.3 is 5.97 Å². The zero-order chi connectivity index (χ0) is 49.3. The van der Waals surface area contributed by atoms with Crippen LogP contribution in [0.3, 0.4) is 0 Å². The van der Waals surface area contributed by atoms with Crippen LogP contribution in [0.4, 0.5) is 0 Å². The van der Waals surface area contributed by atoms with E-state index in [0.29, 0.717) is 19.4 Å². The van der Waals surface area contributed by atoms with Crippen LogP contribution >= 0.6 is 0 Å². The molecule has 0 saturated heterocycles. The molecule has 0 spiro atoms. The fraction of sp³-hybridized carbons (Fsp3) is 0.871. The van der Waals surface area contributed by atoms with E-state index in [2.05, 4.69) is 43.5 Å². The second kappa shape index (κ2) is 57.7. The number of ether oxygens (including phenoxy) is 1. The molecule has 6 nitrogen and oxygen atoms in total. The third-order valence-corrected chi connectivity index (χ3v) is 13.9. The summed E-state index contributed by atoms with van der Waals surface area (Å²) in [5, 5.41) is 23.2. The minimum absolute atomic E-state index is 0.0197. The third kappa shape index (κ3) is 53.4. The minimum Gasteiger partial charge on any atom is -0.466 e. The Morgan fingerprint density at radius 1 is 0.412 bits per heavy atom. The van der Waals surface area contributed by atoms with Crippen molar-refractivity contribution < 1.29 is 24.5 Å². The Bertz CT molecular complexity index is 1100. The first-order chi connectivity index (χ1) is 33.5. The van der Waals surface area contributed by atoms with Gasteiger partial charge in [0.05, 0.1) is 25.4 Å². The smallest absolute Gasteiger partial charge is 0.305 e. The van der Waals surface area contributed by atoms with E-state index in [1.54, 1.807) is 6.08 Å². The molecule has 1 amide bonds. The molecule has 0 rings (SSSR count). The lowest BCUT2D eigenvalue weighted by atomic mass is 10.0. The van der Waals surface area contributed by atoms with E-state index in [4.69, 9.17) is 4.74 Å². The third-order valence-electron chi connectivity index (χ3n) is 13.9. The van der Waals surface area contributed by atoms with Crippen molar-refractivity contribution in [1.29, 1.82) is 0 Å². The number of rotatable bonds is 56. The van der Waals surface area contributed by atoms with Gasteiger partial charge in [0.25, 0.3) is 0 Å². The number of aliphatic hydroxyl groups excluding tert-OH is 2. The van der Waals surface area contributed by atoms with Crippen molar-refractivity contribution in [1.82, 2.24) is 5.32 Å². The standard InChI is InChI=1S/C62H117NO5/c1-3-5-7-9-11-13-15-17-19-20-21-22-23-24-27-30-34-38-42-46-50-54-60(65)59(58-64)63-61(66)55-51-47-43-39-35-31-28-25-29-33-37-41-45-49-53-57-68-62(67)56-52-48-44-40-36-32-26-18-16-14-12-10-8-6-4-2/h25,29,33,37,50,54,59-60,64-65H,3-24,26-28,30-32,34-36,38-49,51-53,55-58H2,1-2H3,(H,63,66)/b29-25-,37-33-,54-50+. The fourth-order valence-electron chi connectivity index (χ4n) is 9.27. The molecule has 0 aromatic carbocycles. The highest BCUT2D eigenvalue weighted by Gasteiger charge is 2.18. The van der Waals surface area contributed by atoms with Gasteiger partial charge in [-0.2, -0.15) is 0 Å². The number of amides is 1. The molecule has 0 heterocycles. The molecule has 0 fully saturated rings. The molecule has 0 bridgehead atoms. The van der Waals surface area contributed by atoms with E-state index in [-0.39, 0.29) is 18.5 Å². The van der Waals surface area contributed by atoms with E-state index in [1.165, 1.54) is 218 Å². The largest absolute Gasteiger partial charge is 0.466 e. The van der Waals surface area contributed by atoms with E-state index >= 15 is 0 Å². The number of hydrogen-bond acceptors (Lipinski definition) is 5. The lowest BCUT2D eigenvalue weighted by molar-refractivity contribution is -0.143. The number of hydrogen-bond donors (Lipinski definition) is 3. The molecule has 6 heteroatoms. The van der Waals surface area contributed by atoms with E-state index < -0.39 is 12.1 Å². The van der Waals surface area contributed by atoms with Crippen molar-refractivity contribution in [2.75, 3.05) is 13.2 Å². The maximum absolute atomic E-state index is 12.5. The van der Waals surface area contributed by atoms with Crippen molar-refractivity contribution >= 4 is 11.9 Å². The van der Waals surface area contributed by atoms with Crippen LogP contribution in [0, 0.1) is 0 Å². The molecule has 0 radical (unpaired) electrons. The molecule has 0 aliphatic rings. The minimum atomic E-state index is -0.860. The van der Waals surface area contributed by atoms with Gasteiger partial charge in [0, 0.05) is 12.8 Å². The summed E-state index contributed by atoms with van der Waals surface area (Å²) >= 11 is 0. The maximum Gasteiger partial charge on any atom is 0.305 e. The molecule has 400 valence electrons. The van der Waals surface area contributed by atoms with Gasteiger partial charge in [-0.05, 0) is 64.2 Å². The second-order valence-corrected chi connectivity index (χ2v) is 20.7. The first kappa shape index (κ1) is 66.1. The molecule has 0 aliphatic heterocycles. The molecule has 3 N–H and O–H groups in total. The van der Waals surface area contributed by atoms with Gasteiger partial charge in [0.2, 0.25) is 5.91 Å². The number of nitrogens with one attached hydrogen (secondary N) is 1. The van der Waals surface area contributed by atoms with Crippen molar-refractivity contribution in [3.63, 3.8) is 0 Å².